The number of hydrogen-bond donors (Lipinski definition) is 0. The molecule has 0 spiro atoms. The maximum absolute atomic E-state index is 13.0. The fourth-order valence-corrected chi connectivity index (χ4v) is 5.47. The van der Waals surface area contributed by atoms with E-state index in [4.69, 9.17) is 14.3 Å². The van der Waals surface area contributed by atoms with Crippen molar-refractivity contribution in [1.82, 2.24) is 0 Å². The van der Waals surface area contributed by atoms with Crippen LogP contribution in [0.1, 0.15) is 56.4 Å². The lowest BCUT2D eigenvalue weighted by Crippen LogP contribution is -2.41. The third-order valence-electron chi connectivity index (χ3n) is 5.06. The molecule has 1 aliphatic heterocycles. The molecule has 0 fully saturated rings. The van der Waals surface area contributed by atoms with E-state index in [1.807, 2.05) is 44.2 Å². The number of carbonyl (C=O) groups excluding carboxylic acids is 2. The van der Waals surface area contributed by atoms with Gasteiger partial charge in [0.2, 0.25) is 0 Å². The van der Waals surface area contributed by atoms with Crippen LogP contribution in [0.4, 0.5) is 0 Å². The second kappa shape index (κ2) is 8.13. The van der Waals surface area contributed by atoms with Crippen LogP contribution < -0.4 is 4.74 Å². The molecular weight excluding hydrogens is 388 g/mol. The molecule has 0 radical (unpaired) electrons. The summed E-state index contributed by atoms with van der Waals surface area (Å²) in [6.07, 6.45) is 1.09. The number of sulfone groups is 1. The largest absolute Gasteiger partial charge is 0.487 e. The molecule has 0 amide bonds. The Labute approximate surface area is 173 Å². The first kappa shape index (κ1) is 22.9. The molecule has 2 aromatic rings. The second-order valence-corrected chi connectivity index (χ2v) is 10.9. The van der Waals surface area contributed by atoms with Crippen LogP contribution in [0.15, 0.2) is 41.3 Å². The summed E-state index contributed by atoms with van der Waals surface area (Å²) in [5.74, 6) is 0.846. The standard InChI is InChI=1S/C22H28O3S.CO2/c1-15-7-9-17(10-8-15)13-26(23,24)18-11-16(2)20-19(12-18)21(3,4)14-22(5,6)25-20;2-1-3/h7-12H,13-14H2,1-6H3;. The van der Waals surface area contributed by atoms with Crippen molar-refractivity contribution in [3.05, 3.63) is 58.7 Å². The zero-order chi connectivity index (χ0) is 22.0. The van der Waals surface area contributed by atoms with Gasteiger partial charge in [-0.2, -0.15) is 9.59 Å². The summed E-state index contributed by atoms with van der Waals surface area (Å²) in [5, 5.41) is 0. The average molecular weight is 417 g/mol. The third-order valence-corrected chi connectivity index (χ3v) is 6.73. The monoisotopic (exact) mass is 416 g/mol. The lowest BCUT2D eigenvalue weighted by Gasteiger charge is -2.43. The Balaban J connectivity index is 0.000000941. The summed E-state index contributed by atoms with van der Waals surface area (Å²) in [6, 6.07) is 11.2. The SMILES string of the molecule is Cc1ccc(CS(=O)(=O)c2cc(C)c3c(c2)C(C)(C)CC(C)(C)O3)cc1.O=C=O. The molecule has 0 aliphatic carbocycles. The summed E-state index contributed by atoms with van der Waals surface area (Å²) in [5.41, 5.74) is 3.39. The topological polar surface area (TPSA) is 77.5 Å². The smallest absolute Gasteiger partial charge is 0.373 e. The highest BCUT2D eigenvalue weighted by Crippen LogP contribution is 2.47. The molecule has 0 aromatic heterocycles. The predicted molar refractivity (Wildman–Crippen MR) is 111 cm³/mol. The van der Waals surface area contributed by atoms with Crippen molar-refractivity contribution in [3.63, 3.8) is 0 Å². The number of aryl methyl sites for hydroxylation is 2. The quantitative estimate of drug-likeness (QED) is 0.734. The molecule has 1 heterocycles. The lowest BCUT2D eigenvalue weighted by atomic mass is 9.73. The molecule has 0 unspecified atom stereocenters. The highest BCUT2D eigenvalue weighted by atomic mass is 32.2. The first-order chi connectivity index (χ1) is 13.3. The van der Waals surface area contributed by atoms with Gasteiger partial charge in [0.25, 0.3) is 0 Å². The van der Waals surface area contributed by atoms with Crippen molar-refractivity contribution in [1.29, 1.82) is 0 Å². The number of ether oxygens (including phenoxy) is 1. The molecule has 156 valence electrons. The van der Waals surface area contributed by atoms with Crippen LogP contribution in [-0.4, -0.2) is 20.2 Å². The zero-order valence-electron chi connectivity index (χ0n) is 17.8. The van der Waals surface area contributed by atoms with Gasteiger partial charge in [0, 0.05) is 5.56 Å². The van der Waals surface area contributed by atoms with E-state index in [2.05, 4.69) is 27.7 Å². The molecule has 1 aliphatic rings. The van der Waals surface area contributed by atoms with Crippen LogP contribution in [0.2, 0.25) is 0 Å². The molecule has 0 saturated heterocycles. The highest BCUT2D eigenvalue weighted by Gasteiger charge is 2.40. The Morgan fingerprint density at radius 2 is 1.55 bits per heavy atom. The normalized spacial score (nSPS) is 16.5. The number of hydrogen-bond acceptors (Lipinski definition) is 5. The fraction of sp³-hybridized carbons (Fsp3) is 0.435. The van der Waals surface area contributed by atoms with Gasteiger partial charge in [-0.15, -0.1) is 0 Å². The molecule has 3 rings (SSSR count). The molecule has 29 heavy (non-hydrogen) atoms. The summed E-state index contributed by atoms with van der Waals surface area (Å²) in [6.45, 7) is 12.4. The van der Waals surface area contributed by atoms with Gasteiger partial charge in [-0.25, -0.2) is 8.42 Å². The lowest BCUT2D eigenvalue weighted by molar-refractivity contribution is -0.191. The van der Waals surface area contributed by atoms with E-state index in [9.17, 15) is 8.42 Å². The van der Waals surface area contributed by atoms with Gasteiger partial charge < -0.3 is 4.74 Å². The average Bonchev–Trinajstić information content (AvgIpc) is 2.57. The molecule has 6 heteroatoms. The van der Waals surface area contributed by atoms with Crippen molar-refractivity contribution in [2.45, 2.75) is 69.6 Å². The van der Waals surface area contributed by atoms with E-state index >= 15 is 0 Å². The van der Waals surface area contributed by atoms with Crippen molar-refractivity contribution in [2.75, 3.05) is 0 Å². The highest BCUT2D eigenvalue weighted by molar-refractivity contribution is 7.90. The Kier molecular flexibility index (Phi) is 6.41. The Morgan fingerprint density at radius 1 is 1.00 bits per heavy atom. The van der Waals surface area contributed by atoms with Crippen molar-refractivity contribution in [3.8, 4) is 5.75 Å². The van der Waals surface area contributed by atoms with Gasteiger partial charge >= 0.3 is 6.15 Å². The van der Waals surface area contributed by atoms with Gasteiger partial charge in [-0.05, 0) is 62.8 Å². The van der Waals surface area contributed by atoms with Gasteiger partial charge in [-0.1, -0.05) is 43.7 Å². The van der Waals surface area contributed by atoms with E-state index in [1.54, 1.807) is 6.07 Å². The Bertz CT molecular complexity index is 1030. The molecule has 0 saturated carbocycles. The van der Waals surface area contributed by atoms with Crippen LogP contribution >= 0.6 is 0 Å². The predicted octanol–water partition coefficient (Wildman–Crippen LogP) is 4.53. The van der Waals surface area contributed by atoms with Gasteiger partial charge in [0.05, 0.1) is 10.6 Å². The van der Waals surface area contributed by atoms with E-state index in [0.29, 0.717) is 4.90 Å². The van der Waals surface area contributed by atoms with E-state index < -0.39 is 9.84 Å². The summed E-state index contributed by atoms with van der Waals surface area (Å²) in [4.78, 5) is 16.6. The number of benzene rings is 2. The molecular formula is C23H28O5S. The molecule has 0 atom stereocenters. The van der Waals surface area contributed by atoms with Crippen molar-refractivity contribution >= 4 is 16.0 Å². The number of rotatable bonds is 3. The van der Waals surface area contributed by atoms with Crippen molar-refractivity contribution < 1.29 is 22.7 Å². The molecule has 0 N–H and O–H groups in total. The van der Waals surface area contributed by atoms with Crippen LogP contribution in [-0.2, 0) is 30.6 Å². The molecule has 0 bridgehead atoms. The summed E-state index contributed by atoms with van der Waals surface area (Å²) in [7, 11) is -3.42. The minimum atomic E-state index is -3.42. The minimum absolute atomic E-state index is 0.0122. The number of fused-ring (bicyclic) bond motifs is 1. The second-order valence-electron chi connectivity index (χ2n) is 8.87. The zero-order valence-corrected chi connectivity index (χ0v) is 18.6. The van der Waals surface area contributed by atoms with Crippen molar-refractivity contribution in [2.24, 2.45) is 0 Å². The fourth-order valence-electron chi connectivity index (χ4n) is 4.02. The maximum atomic E-state index is 13.0. The van der Waals surface area contributed by atoms with Gasteiger partial charge in [0.1, 0.15) is 11.4 Å². The molecule has 5 nitrogen and oxygen atoms in total. The van der Waals surface area contributed by atoms with Crippen LogP contribution in [0.3, 0.4) is 0 Å². The van der Waals surface area contributed by atoms with E-state index in [-0.39, 0.29) is 22.9 Å². The van der Waals surface area contributed by atoms with Gasteiger partial charge in [0.15, 0.2) is 9.84 Å². The first-order valence-electron chi connectivity index (χ1n) is 9.43. The maximum Gasteiger partial charge on any atom is 0.373 e. The van der Waals surface area contributed by atoms with Crippen LogP contribution in [0.25, 0.3) is 0 Å². The third kappa shape index (κ3) is 5.34. The Hall–Kier alpha value is -2.43. The summed E-state index contributed by atoms with van der Waals surface area (Å²) < 4.78 is 32.2. The van der Waals surface area contributed by atoms with E-state index in [1.165, 1.54) is 0 Å². The first-order valence-corrected chi connectivity index (χ1v) is 11.1. The van der Waals surface area contributed by atoms with E-state index in [0.717, 1.165) is 34.4 Å². The van der Waals surface area contributed by atoms with Crippen LogP contribution in [0, 0.1) is 13.8 Å². The summed E-state index contributed by atoms with van der Waals surface area (Å²) >= 11 is 0. The van der Waals surface area contributed by atoms with Gasteiger partial charge in [-0.3, -0.25) is 0 Å². The molecule has 2 aromatic carbocycles. The van der Waals surface area contributed by atoms with Crippen LogP contribution in [0.5, 0.6) is 5.75 Å². The minimum Gasteiger partial charge on any atom is -0.487 e. The Morgan fingerprint density at radius 3 is 2.10 bits per heavy atom.